The van der Waals surface area contributed by atoms with Gasteiger partial charge < -0.3 is 10.6 Å². The first-order chi connectivity index (χ1) is 5.18. The monoisotopic (exact) mass is 156 g/mol. The lowest BCUT2D eigenvalue weighted by molar-refractivity contribution is 0.170. The largest absolute Gasteiger partial charge is 0.387 e. The van der Waals surface area contributed by atoms with Crippen LogP contribution < -0.4 is 5.73 Å². The van der Waals surface area contributed by atoms with Gasteiger partial charge in [-0.15, -0.1) is 0 Å². The average molecular weight is 156 g/mol. The second-order valence-electron chi connectivity index (χ2n) is 3.10. The first-order valence-corrected chi connectivity index (χ1v) is 3.92. The molecule has 1 aliphatic heterocycles. The van der Waals surface area contributed by atoms with Crippen molar-refractivity contribution in [3.63, 3.8) is 0 Å². The predicted molar refractivity (Wildman–Crippen MR) is 45.9 cm³/mol. The minimum atomic E-state index is 0.273. The molecule has 0 amide bonds. The van der Waals surface area contributed by atoms with Gasteiger partial charge >= 0.3 is 0 Å². The number of hydrogen-bond acceptors (Lipinski definition) is 3. The Morgan fingerprint density at radius 1 is 1.36 bits per heavy atom. The van der Waals surface area contributed by atoms with Crippen LogP contribution in [0.1, 0.15) is 0 Å². The Labute approximate surface area is 67.5 Å². The third-order valence-corrected chi connectivity index (χ3v) is 1.99. The van der Waals surface area contributed by atoms with E-state index in [1.165, 1.54) is 0 Å². The smallest absolute Gasteiger partial charge is 0.105 e. The number of rotatable bonds is 2. The normalized spacial score (nSPS) is 21.9. The maximum atomic E-state index is 7.10. The van der Waals surface area contributed by atoms with E-state index in [1.807, 2.05) is 0 Å². The molecule has 0 bridgehead atoms. The lowest BCUT2D eigenvalue weighted by Crippen LogP contribution is -2.47. The topological polar surface area (TPSA) is 56.4 Å². The first kappa shape index (κ1) is 8.49. The number of nitrogens with zero attached hydrogens (tertiary/aromatic N) is 2. The highest BCUT2D eigenvalue weighted by Gasteiger charge is 2.13. The maximum Gasteiger partial charge on any atom is 0.105 e. The molecule has 4 heteroatoms. The van der Waals surface area contributed by atoms with Gasteiger partial charge in [0.25, 0.3) is 0 Å². The molecule has 11 heavy (non-hydrogen) atoms. The molecule has 0 spiro atoms. The van der Waals surface area contributed by atoms with Gasteiger partial charge in [-0.2, -0.15) is 0 Å². The van der Waals surface area contributed by atoms with Crippen LogP contribution in [-0.4, -0.2) is 55.4 Å². The summed E-state index contributed by atoms with van der Waals surface area (Å²) in [5.74, 6) is 0.273. The summed E-state index contributed by atoms with van der Waals surface area (Å²) in [5, 5.41) is 7.10. The Balaban J connectivity index is 2.22. The third kappa shape index (κ3) is 2.86. The maximum absolute atomic E-state index is 7.10. The van der Waals surface area contributed by atoms with E-state index in [9.17, 15) is 0 Å². The second kappa shape index (κ2) is 3.69. The SMILES string of the molecule is CN1CCN(CC(=N)N)CC1. The predicted octanol–water partition coefficient (Wildman–Crippen LogP) is -0.830. The Bertz CT molecular complexity index is 137. The summed E-state index contributed by atoms with van der Waals surface area (Å²) < 4.78 is 0. The van der Waals surface area contributed by atoms with Crippen LogP contribution in [0.25, 0.3) is 0 Å². The van der Waals surface area contributed by atoms with E-state index in [-0.39, 0.29) is 5.84 Å². The summed E-state index contributed by atoms with van der Waals surface area (Å²) in [4.78, 5) is 4.50. The number of likely N-dealkylation sites (N-methyl/N-ethyl adjacent to an activating group) is 1. The summed E-state index contributed by atoms with van der Waals surface area (Å²) in [6.45, 7) is 4.89. The van der Waals surface area contributed by atoms with Crippen molar-refractivity contribution >= 4 is 5.84 Å². The van der Waals surface area contributed by atoms with Crippen LogP contribution in [0, 0.1) is 5.41 Å². The molecule has 0 aromatic carbocycles. The van der Waals surface area contributed by atoms with Gasteiger partial charge in [0.05, 0.1) is 6.54 Å². The zero-order valence-corrected chi connectivity index (χ0v) is 7.01. The van der Waals surface area contributed by atoms with Crippen molar-refractivity contribution in [1.29, 1.82) is 5.41 Å². The zero-order valence-electron chi connectivity index (χ0n) is 7.01. The third-order valence-electron chi connectivity index (χ3n) is 1.99. The standard InChI is InChI=1S/C7H16N4/c1-10-2-4-11(5-3-10)6-7(8)9/h2-6H2,1H3,(H3,8,9). The van der Waals surface area contributed by atoms with Gasteiger partial charge in [0.2, 0.25) is 0 Å². The molecular weight excluding hydrogens is 140 g/mol. The average Bonchev–Trinajstić information content (AvgIpc) is 1.93. The number of piperazine rings is 1. The molecule has 0 radical (unpaired) electrons. The van der Waals surface area contributed by atoms with Crippen molar-refractivity contribution in [1.82, 2.24) is 9.80 Å². The summed E-state index contributed by atoms with van der Waals surface area (Å²) in [5.41, 5.74) is 5.29. The summed E-state index contributed by atoms with van der Waals surface area (Å²) in [6.07, 6.45) is 0. The van der Waals surface area contributed by atoms with Crippen molar-refractivity contribution in [2.45, 2.75) is 0 Å². The van der Waals surface area contributed by atoms with Crippen LogP contribution in [0.5, 0.6) is 0 Å². The highest BCUT2D eigenvalue weighted by molar-refractivity contribution is 5.78. The number of nitrogens with one attached hydrogen (secondary N) is 1. The number of hydrogen-bond donors (Lipinski definition) is 2. The number of nitrogens with two attached hydrogens (primary N) is 1. The summed E-state index contributed by atoms with van der Waals surface area (Å²) in [6, 6.07) is 0. The molecule has 1 saturated heterocycles. The van der Waals surface area contributed by atoms with Crippen LogP contribution in [-0.2, 0) is 0 Å². The van der Waals surface area contributed by atoms with E-state index >= 15 is 0 Å². The van der Waals surface area contributed by atoms with Gasteiger partial charge in [-0.05, 0) is 7.05 Å². The van der Waals surface area contributed by atoms with Crippen LogP contribution in [0.4, 0.5) is 0 Å². The molecule has 4 nitrogen and oxygen atoms in total. The summed E-state index contributed by atoms with van der Waals surface area (Å²) in [7, 11) is 2.12. The van der Waals surface area contributed by atoms with Gasteiger partial charge in [-0.3, -0.25) is 10.3 Å². The molecule has 64 valence electrons. The van der Waals surface area contributed by atoms with Crippen molar-refractivity contribution in [2.75, 3.05) is 39.8 Å². The fourth-order valence-electron chi connectivity index (χ4n) is 1.25. The Morgan fingerprint density at radius 3 is 2.36 bits per heavy atom. The van der Waals surface area contributed by atoms with E-state index in [0.29, 0.717) is 6.54 Å². The van der Waals surface area contributed by atoms with Crippen molar-refractivity contribution in [3.05, 3.63) is 0 Å². The van der Waals surface area contributed by atoms with Crippen molar-refractivity contribution in [3.8, 4) is 0 Å². The molecule has 1 rings (SSSR count). The van der Waals surface area contributed by atoms with E-state index in [1.54, 1.807) is 0 Å². The van der Waals surface area contributed by atoms with Gasteiger partial charge in [0, 0.05) is 26.2 Å². The van der Waals surface area contributed by atoms with E-state index < -0.39 is 0 Å². The van der Waals surface area contributed by atoms with E-state index in [4.69, 9.17) is 11.1 Å². The van der Waals surface area contributed by atoms with Crippen LogP contribution in [0.2, 0.25) is 0 Å². The molecule has 0 aliphatic carbocycles. The van der Waals surface area contributed by atoms with Gasteiger partial charge in [-0.25, -0.2) is 0 Å². The van der Waals surface area contributed by atoms with Crippen LogP contribution in [0.3, 0.4) is 0 Å². The Morgan fingerprint density at radius 2 is 1.91 bits per heavy atom. The lowest BCUT2D eigenvalue weighted by Gasteiger charge is -2.31. The molecule has 0 aromatic rings. The van der Waals surface area contributed by atoms with Gasteiger partial charge in [0.1, 0.15) is 5.84 Å². The first-order valence-electron chi connectivity index (χ1n) is 3.92. The molecule has 1 fully saturated rings. The van der Waals surface area contributed by atoms with E-state index in [2.05, 4.69) is 16.8 Å². The van der Waals surface area contributed by atoms with Gasteiger partial charge in [0.15, 0.2) is 0 Å². The highest BCUT2D eigenvalue weighted by atomic mass is 15.2. The minimum Gasteiger partial charge on any atom is -0.387 e. The Kier molecular flexibility index (Phi) is 2.84. The van der Waals surface area contributed by atoms with Crippen molar-refractivity contribution < 1.29 is 0 Å². The molecule has 3 N–H and O–H groups in total. The fourth-order valence-corrected chi connectivity index (χ4v) is 1.25. The molecule has 0 aromatic heterocycles. The van der Waals surface area contributed by atoms with Crippen LogP contribution in [0.15, 0.2) is 0 Å². The highest BCUT2D eigenvalue weighted by Crippen LogP contribution is 1.97. The van der Waals surface area contributed by atoms with Crippen LogP contribution >= 0.6 is 0 Å². The molecule has 0 atom stereocenters. The lowest BCUT2D eigenvalue weighted by atomic mass is 10.3. The molecule has 1 heterocycles. The Hall–Kier alpha value is -0.610. The minimum absolute atomic E-state index is 0.273. The van der Waals surface area contributed by atoms with Crippen molar-refractivity contribution in [2.24, 2.45) is 5.73 Å². The fraction of sp³-hybridized carbons (Fsp3) is 0.857. The quantitative estimate of drug-likeness (QED) is 0.405. The van der Waals surface area contributed by atoms with E-state index in [0.717, 1.165) is 26.2 Å². The zero-order chi connectivity index (χ0) is 8.27. The van der Waals surface area contributed by atoms with Gasteiger partial charge in [-0.1, -0.05) is 0 Å². The number of amidine groups is 1. The molecule has 1 aliphatic rings. The molecular formula is C7H16N4. The molecule has 0 unspecified atom stereocenters. The summed E-state index contributed by atoms with van der Waals surface area (Å²) >= 11 is 0. The second-order valence-corrected chi connectivity index (χ2v) is 3.10. The molecule has 0 saturated carbocycles.